The van der Waals surface area contributed by atoms with Crippen LogP contribution in [0, 0.1) is 13.8 Å². The molecule has 0 bridgehead atoms. The minimum Gasteiger partial charge on any atom is -0.285 e. The van der Waals surface area contributed by atoms with Crippen LogP contribution in [0.1, 0.15) is 74.8 Å². The Hall–Kier alpha value is -4.44. The summed E-state index contributed by atoms with van der Waals surface area (Å²) in [5.74, 6) is 0.732. The van der Waals surface area contributed by atoms with Gasteiger partial charge in [0.25, 0.3) is 0 Å². The lowest BCUT2D eigenvalue weighted by molar-refractivity contribution is 0.813. The molecule has 5 aromatic rings. The van der Waals surface area contributed by atoms with E-state index in [4.69, 9.17) is 9.98 Å². The summed E-state index contributed by atoms with van der Waals surface area (Å²) in [4.78, 5) is 10.4. The minimum absolute atomic E-state index is 0.732. The Kier molecular flexibility index (Phi) is 10.1. The normalized spacial score (nSPS) is 12.2. The molecule has 1 heterocycles. The van der Waals surface area contributed by atoms with Crippen LogP contribution >= 0.6 is 0 Å². The smallest absolute Gasteiger partial charge is 0.220 e. The third kappa shape index (κ3) is 6.55. The maximum atomic E-state index is 5.36. The van der Waals surface area contributed by atoms with Gasteiger partial charge in [-0.2, -0.15) is 4.99 Å². The number of benzene rings is 4. The Morgan fingerprint density at radius 1 is 0.591 bits per heavy atom. The fourth-order valence-corrected chi connectivity index (χ4v) is 6.25. The molecule has 0 aliphatic heterocycles. The van der Waals surface area contributed by atoms with Gasteiger partial charge in [-0.15, -0.1) is 0 Å². The second kappa shape index (κ2) is 14.4. The van der Waals surface area contributed by atoms with Crippen molar-refractivity contribution in [2.75, 3.05) is 0 Å². The van der Waals surface area contributed by atoms with E-state index in [9.17, 15) is 0 Å². The van der Waals surface area contributed by atoms with E-state index in [1.807, 2.05) is 6.92 Å². The van der Waals surface area contributed by atoms with Gasteiger partial charge in [-0.25, -0.2) is 4.99 Å². The summed E-state index contributed by atoms with van der Waals surface area (Å²) in [5, 5.41) is 0. The summed E-state index contributed by atoms with van der Waals surface area (Å²) in [6.45, 7) is 13.0. The van der Waals surface area contributed by atoms with Crippen molar-refractivity contribution < 1.29 is 0 Å². The lowest BCUT2D eigenvalue weighted by atomic mass is 9.97. The molecule has 44 heavy (non-hydrogen) atoms. The first-order chi connectivity index (χ1) is 21.5. The highest BCUT2D eigenvalue weighted by atomic mass is 15.2. The second-order valence-electron chi connectivity index (χ2n) is 11.7. The Bertz CT molecular complexity index is 1770. The summed E-state index contributed by atoms with van der Waals surface area (Å²) in [6, 6.07) is 30.5. The van der Waals surface area contributed by atoms with E-state index in [0.29, 0.717) is 0 Å². The summed E-state index contributed by atoms with van der Waals surface area (Å²) >= 11 is 0. The van der Waals surface area contributed by atoms with Gasteiger partial charge in [0.15, 0.2) is 0 Å². The SMILES string of the molecule is CCCc1cccc(CCC)c1-n1ccn(-c2c(CCC)cccc2-c2ccccc2)c1=NC(C)=Nc1c(C)cccc1C. The molecule has 0 fully saturated rings. The predicted molar refractivity (Wildman–Crippen MR) is 187 cm³/mol. The lowest BCUT2D eigenvalue weighted by Crippen LogP contribution is -2.27. The largest absolute Gasteiger partial charge is 0.285 e. The molecule has 0 spiro atoms. The van der Waals surface area contributed by atoms with Crippen molar-refractivity contribution in [3.05, 3.63) is 131 Å². The standard InChI is InChI=1S/C40H46N4/c1-7-16-33-23-14-24-34(17-8-2)38(33)43-27-28-44(40(43)42-31(6)41-37-29(4)19-13-20-30(37)5)39-35(18-9-3)25-15-26-36(39)32-21-11-10-12-22-32/h10-15,19-28H,7-9,16-18H2,1-6H3. The van der Waals surface area contributed by atoms with Gasteiger partial charge in [0.2, 0.25) is 5.62 Å². The molecule has 0 N–H and O–H groups in total. The summed E-state index contributed by atoms with van der Waals surface area (Å²) in [5.41, 5.74) is 13.0. The molecule has 0 saturated carbocycles. The third-order valence-corrected chi connectivity index (χ3v) is 8.22. The van der Waals surface area contributed by atoms with Crippen molar-refractivity contribution in [1.82, 2.24) is 9.13 Å². The number of imidazole rings is 1. The van der Waals surface area contributed by atoms with E-state index in [1.165, 1.54) is 39.2 Å². The molecule has 4 aromatic carbocycles. The molecule has 0 amide bonds. The number of amidine groups is 1. The van der Waals surface area contributed by atoms with Crippen LogP contribution in [-0.2, 0) is 19.3 Å². The number of aromatic nitrogens is 2. The van der Waals surface area contributed by atoms with Crippen molar-refractivity contribution in [3.63, 3.8) is 0 Å². The van der Waals surface area contributed by atoms with Crippen LogP contribution in [0.5, 0.6) is 0 Å². The van der Waals surface area contributed by atoms with E-state index in [2.05, 4.69) is 141 Å². The molecule has 1 aromatic heterocycles. The molecule has 0 aliphatic carbocycles. The van der Waals surface area contributed by atoms with Gasteiger partial charge in [-0.05, 0) is 73.4 Å². The van der Waals surface area contributed by atoms with Gasteiger partial charge in [0, 0.05) is 18.0 Å². The molecule has 0 atom stereocenters. The van der Waals surface area contributed by atoms with Crippen molar-refractivity contribution in [3.8, 4) is 22.5 Å². The summed E-state index contributed by atoms with van der Waals surface area (Å²) < 4.78 is 4.62. The fourth-order valence-electron chi connectivity index (χ4n) is 6.25. The van der Waals surface area contributed by atoms with Gasteiger partial charge in [-0.1, -0.05) is 125 Å². The van der Waals surface area contributed by atoms with E-state index < -0.39 is 0 Å². The van der Waals surface area contributed by atoms with Gasteiger partial charge >= 0.3 is 0 Å². The number of aliphatic imine (C=N–C) groups is 1. The van der Waals surface area contributed by atoms with Crippen LogP contribution in [0.25, 0.3) is 22.5 Å². The number of nitrogens with zero attached hydrogens (tertiary/aromatic N) is 4. The molecule has 5 rings (SSSR count). The molecule has 226 valence electrons. The Labute approximate surface area is 263 Å². The van der Waals surface area contributed by atoms with E-state index >= 15 is 0 Å². The van der Waals surface area contributed by atoms with Crippen molar-refractivity contribution in [1.29, 1.82) is 0 Å². The number of hydrogen-bond donors (Lipinski definition) is 0. The first kappa shape index (κ1) is 31.0. The highest BCUT2D eigenvalue weighted by molar-refractivity contribution is 5.84. The third-order valence-electron chi connectivity index (χ3n) is 8.22. The molecule has 0 aliphatic rings. The Balaban J connectivity index is 1.87. The van der Waals surface area contributed by atoms with Gasteiger partial charge in [0.1, 0.15) is 5.84 Å². The highest BCUT2D eigenvalue weighted by Gasteiger charge is 2.18. The number of aryl methyl sites for hydroxylation is 5. The maximum Gasteiger partial charge on any atom is 0.220 e. The zero-order chi connectivity index (χ0) is 31.1. The molecule has 4 heteroatoms. The first-order valence-corrected chi connectivity index (χ1v) is 16.2. The lowest BCUT2D eigenvalue weighted by Gasteiger charge is -2.18. The fraction of sp³-hybridized carbons (Fsp3) is 0.300. The molecular weight excluding hydrogens is 536 g/mol. The predicted octanol–water partition coefficient (Wildman–Crippen LogP) is 10.1. The van der Waals surface area contributed by atoms with Crippen molar-refractivity contribution in [2.24, 2.45) is 9.98 Å². The van der Waals surface area contributed by atoms with Crippen molar-refractivity contribution >= 4 is 11.5 Å². The number of hydrogen-bond acceptors (Lipinski definition) is 1. The molecule has 0 saturated heterocycles. The summed E-state index contributed by atoms with van der Waals surface area (Å²) in [7, 11) is 0. The van der Waals surface area contributed by atoms with Gasteiger partial charge in [0.05, 0.1) is 17.1 Å². The Morgan fingerprint density at radius 2 is 1.09 bits per heavy atom. The van der Waals surface area contributed by atoms with E-state index in [0.717, 1.165) is 66.8 Å². The van der Waals surface area contributed by atoms with Crippen LogP contribution in [0.3, 0.4) is 0 Å². The Morgan fingerprint density at radius 3 is 1.66 bits per heavy atom. The first-order valence-electron chi connectivity index (χ1n) is 16.2. The van der Waals surface area contributed by atoms with E-state index in [1.54, 1.807) is 0 Å². The topological polar surface area (TPSA) is 34.6 Å². The zero-order valence-electron chi connectivity index (χ0n) is 27.3. The van der Waals surface area contributed by atoms with E-state index in [-0.39, 0.29) is 0 Å². The molecule has 4 nitrogen and oxygen atoms in total. The van der Waals surface area contributed by atoms with Crippen LogP contribution in [-0.4, -0.2) is 15.0 Å². The highest BCUT2D eigenvalue weighted by Crippen LogP contribution is 2.31. The van der Waals surface area contributed by atoms with Gasteiger partial charge < -0.3 is 0 Å². The number of rotatable bonds is 10. The summed E-state index contributed by atoms with van der Waals surface area (Å²) in [6.07, 6.45) is 10.6. The van der Waals surface area contributed by atoms with Crippen LogP contribution in [0.15, 0.2) is 107 Å². The maximum absolute atomic E-state index is 5.36. The van der Waals surface area contributed by atoms with Crippen LogP contribution in [0.2, 0.25) is 0 Å². The monoisotopic (exact) mass is 582 g/mol. The van der Waals surface area contributed by atoms with Crippen LogP contribution < -0.4 is 5.62 Å². The van der Waals surface area contributed by atoms with Crippen LogP contribution in [0.4, 0.5) is 5.69 Å². The quantitative estimate of drug-likeness (QED) is 0.116. The second-order valence-corrected chi connectivity index (χ2v) is 11.7. The van der Waals surface area contributed by atoms with Crippen molar-refractivity contribution in [2.45, 2.75) is 80.1 Å². The molecule has 0 radical (unpaired) electrons. The average molecular weight is 583 g/mol. The van der Waals surface area contributed by atoms with Gasteiger partial charge in [-0.3, -0.25) is 9.13 Å². The minimum atomic E-state index is 0.732. The molecule has 0 unspecified atom stereocenters. The number of para-hydroxylation sites is 3. The zero-order valence-corrected chi connectivity index (χ0v) is 27.3. The average Bonchev–Trinajstić information content (AvgIpc) is 3.42. The molecular formula is C40H46N4.